The first-order valence-corrected chi connectivity index (χ1v) is 4.98. The molecule has 0 fully saturated rings. The van der Waals surface area contributed by atoms with Crippen LogP contribution in [0.15, 0.2) is 16.7 Å². The second kappa shape index (κ2) is 4.40. The fraction of sp³-hybridized carbons (Fsp3) is 0.250. The normalized spacial score (nSPS) is 11.3. The second-order valence-corrected chi connectivity index (χ2v) is 4.05. The van der Waals surface area contributed by atoms with Crippen molar-refractivity contribution in [1.82, 2.24) is 4.98 Å². The molecule has 3 nitrogen and oxygen atoms in total. The maximum atomic E-state index is 12.5. The minimum absolute atomic E-state index is 0.151. The van der Waals surface area contributed by atoms with E-state index in [0.29, 0.717) is 11.4 Å². The Labute approximate surface area is 98.0 Å². The molecular formula is C8H6BrClF2N2O. The number of rotatable bonds is 2. The van der Waals surface area contributed by atoms with E-state index in [1.807, 2.05) is 5.32 Å². The van der Waals surface area contributed by atoms with E-state index in [4.69, 9.17) is 11.6 Å². The summed E-state index contributed by atoms with van der Waals surface area (Å²) < 4.78 is 25.4. The van der Waals surface area contributed by atoms with Crippen LogP contribution in [0.5, 0.6) is 0 Å². The Balaban J connectivity index is 2.83. The molecule has 15 heavy (non-hydrogen) atoms. The van der Waals surface area contributed by atoms with Crippen molar-refractivity contribution in [2.24, 2.45) is 0 Å². The maximum Gasteiger partial charge on any atom is 0.322 e. The topological polar surface area (TPSA) is 42.0 Å². The number of anilines is 1. The monoisotopic (exact) mass is 298 g/mol. The van der Waals surface area contributed by atoms with Crippen molar-refractivity contribution in [3.8, 4) is 0 Å². The number of pyridine rings is 1. The van der Waals surface area contributed by atoms with Crippen molar-refractivity contribution >= 4 is 39.1 Å². The quantitative estimate of drug-likeness (QED) is 0.853. The van der Waals surface area contributed by atoms with Gasteiger partial charge < -0.3 is 5.32 Å². The highest BCUT2D eigenvalue weighted by Crippen LogP contribution is 2.24. The molecule has 0 unspecified atom stereocenters. The summed E-state index contributed by atoms with van der Waals surface area (Å²) in [6.07, 6.45) is 1.19. The molecule has 0 aliphatic carbocycles. The molecule has 1 aromatic rings. The Morgan fingerprint density at radius 2 is 2.27 bits per heavy atom. The molecule has 0 aliphatic rings. The summed E-state index contributed by atoms with van der Waals surface area (Å²) in [5.74, 6) is -4.81. The summed E-state index contributed by atoms with van der Waals surface area (Å²) in [6.45, 7) is 0.515. The first kappa shape index (κ1) is 12.3. The number of aromatic nitrogens is 1. The number of nitrogens with one attached hydrogen (secondary N) is 1. The Bertz CT molecular complexity index is 395. The Morgan fingerprint density at radius 1 is 1.67 bits per heavy atom. The van der Waals surface area contributed by atoms with Crippen LogP contribution < -0.4 is 5.32 Å². The molecule has 82 valence electrons. The number of amides is 1. The van der Waals surface area contributed by atoms with Gasteiger partial charge in [-0.3, -0.25) is 4.79 Å². The maximum absolute atomic E-state index is 12.5. The number of carbonyl (C=O) groups is 1. The summed E-state index contributed by atoms with van der Waals surface area (Å²) in [7, 11) is 0. The van der Waals surface area contributed by atoms with Crippen LogP contribution >= 0.6 is 27.5 Å². The summed E-state index contributed by atoms with van der Waals surface area (Å²) in [5.41, 5.74) is 0.151. The number of hydrogen-bond donors (Lipinski definition) is 1. The van der Waals surface area contributed by atoms with Crippen LogP contribution in [0.3, 0.4) is 0 Å². The fourth-order valence-electron chi connectivity index (χ4n) is 0.730. The van der Waals surface area contributed by atoms with E-state index >= 15 is 0 Å². The van der Waals surface area contributed by atoms with E-state index in [1.54, 1.807) is 0 Å². The number of carbonyl (C=O) groups excluding carboxylic acids is 1. The zero-order valence-corrected chi connectivity index (χ0v) is 9.86. The van der Waals surface area contributed by atoms with Crippen LogP contribution in [0.1, 0.15) is 6.92 Å². The highest BCUT2D eigenvalue weighted by atomic mass is 79.9. The first-order chi connectivity index (χ1) is 6.80. The molecule has 0 spiro atoms. The van der Waals surface area contributed by atoms with Crippen LogP contribution in [-0.4, -0.2) is 16.8 Å². The molecule has 0 aromatic carbocycles. The van der Waals surface area contributed by atoms with Crippen LogP contribution in [-0.2, 0) is 4.79 Å². The largest absolute Gasteiger partial charge is 0.322 e. The highest BCUT2D eigenvalue weighted by molar-refractivity contribution is 9.10. The van der Waals surface area contributed by atoms with Gasteiger partial charge >= 0.3 is 5.92 Å². The molecule has 1 heterocycles. The zero-order chi connectivity index (χ0) is 11.6. The van der Waals surface area contributed by atoms with Gasteiger partial charge in [-0.25, -0.2) is 4.98 Å². The molecular weight excluding hydrogens is 293 g/mol. The number of halogens is 4. The second-order valence-electron chi connectivity index (χ2n) is 2.84. The van der Waals surface area contributed by atoms with Crippen molar-refractivity contribution in [1.29, 1.82) is 0 Å². The molecule has 7 heteroatoms. The molecule has 0 aliphatic heterocycles. The lowest BCUT2D eigenvalue weighted by molar-refractivity contribution is -0.137. The van der Waals surface area contributed by atoms with E-state index in [2.05, 4.69) is 20.9 Å². The van der Waals surface area contributed by atoms with Gasteiger partial charge in [0.25, 0.3) is 5.91 Å². The van der Waals surface area contributed by atoms with Gasteiger partial charge in [0.15, 0.2) is 0 Å². The fourth-order valence-corrected chi connectivity index (χ4v) is 1.18. The summed E-state index contributed by atoms with van der Waals surface area (Å²) >= 11 is 8.64. The first-order valence-electron chi connectivity index (χ1n) is 3.81. The number of alkyl halides is 2. The molecule has 1 amide bonds. The minimum Gasteiger partial charge on any atom is -0.319 e. The molecule has 0 radical (unpaired) electrons. The van der Waals surface area contributed by atoms with Gasteiger partial charge in [0.05, 0.1) is 16.4 Å². The van der Waals surface area contributed by atoms with Crippen LogP contribution in [0.4, 0.5) is 14.5 Å². The molecule has 1 rings (SSSR count). The lowest BCUT2D eigenvalue weighted by atomic mass is 10.3. The third-order valence-electron chi connectivity index (χ3n) is 1.45. The standard InChI is InChI=1S/C8H6BrClF2N2O/c1-8(11,12)7(15)14-4-2-5(9)6(10)13-3-4/h2-3H,1H3,(H,14,15). The van der Waals surface area contributed by atoms with E-state index in [9.17, 15) is 13.6 Å². The predicted molar refractivity (Wildman–Crippen MR) is 56.2 cm³/mol. The van der Waals surface area contributed by atoms with E-state index in [0.717, 1.165) is 0 Å². The average molecular weight is 300 g/mol. The van der Waals surface area contributed by atoms with Gasteiger partial charge in [0.2, 0.25) is 0 Å². The molecule has 1 N–H and O–H groups in total. The lowest BCUT2D eigenvalue weighted by Crippen LogP contribution is -2.31. The predicted octanol–water partition coefficient (Wildman–Crippen LogP) is 3.09. The van der Waals surface area contributed by atoms with Gasteiger partial charge in [-0.1, -0.05) is 11.6 Å². The molecule has 0 saturated heterocycles. The highest BCUT2D eigenvalue weighted by Gasteiger charge is 2.32. The SMILES string of the molecule is CC(F)(F)C(=O)Nc1cnc(Cl)c(Br)c1. The third-order valence-corrected chi connectivity index (χ3v) is 2.59. The Morgan fingerprint density at radius 3 is 2.73 bits per heavy atom. The van der Waals surface area contributed by atoms with Gasteiger partial charge in [0, 0.05) is 6.92 Å². The van der Waals surface area contributed by atoms with Gasteiger partial charge in [-0.15, -0.1) is 0 Å². The van der Waals surface area contributed by atoms with Crippen LogP contribution in [0.2, 0.25) is 5.15 Å². The third kappa shape index (κ3) is 3.39. The summed E-state index contributed by atoms with van der Waals surface area (Å²) in [6, 6.07) is 1.39. The van der Waals surface area contributed by atoms with Crippen molar-refractivity contribution in [2.75, 3.05) is 5.32 Å². The van der Waals surface area contributed by atoms with Gasteiger partial charge in [0.1, 0.15) is 5.15 Å². The molecule has 0 atom stereocenters. The Kier molecular flexibility index (Phi) is 3.62. The molecule has 0 saturated carbocycles. The minimum atomic E-state index is -3.42. The van der Waals surface area contributed by atoms with E-state index in [-0.39, 0.29) is 10.8 Å². The van der Waals surface area contributed by atoms with Crippen LogP contribution in [0.25, 0.3) is 0 Å². The summed E-state index contributed by atoms with van der Waals surface area (Å²) in [5, 5.41) is 2.20. The number of nitrogens with zero attached hydrogens (tertiary/aromatic N) is 1. The smallest absolute Gasteiger partial charge is 0.319 e. The van der Waals surface area contributed by atoms with Crippen molar-refractivity contribution in [2.45, 2.75) is 12.8 Å². The van der Waals surface area contributed by atoms with Crippen molar-refractivity contribution in [3.63, 3.8) is 0 Å². The average Bonchev–Trinajstić information content (AvgIpc) is 2.10. The summed E-state index contributed by atoms with van der Waals surface area (Å²) in [4.78, 5) is 14.6. The van der Waals surface area contributed by atoms with Crippen molar-refractivity contribution in [3.05, 3.63) is 21.9 Å². The van der Waals surface area contributed by atoms with Gasteiger partial charge in [-0.2, -0.15) is 8.78 Å². The van der Waals surface area contributed by atoms with E-state index < -0.39 is 11.8 Å². The van der Waals surface area contributed by atoms with Crippen LogP contribution in [0, 0.1) is 0 Å². The molecule has 1 aromatic heterocycles. The molecule has 0 bridgehead atoms. The lowest BCUT2D eigenvalue weighted by Gasteiger charge is -2.10. The van der Waals surface area contributed by atoms with Crippen molar-refractivity contribution < 1.29 is 13.6 Å². The number of hydrogen-bond acceptors (Lipinski definition) is 2. The zero-order valence-electron chi connectivity index (χ0n) is 7.52. The Hall–Kier alpha value is -0.750. The van der Waals surface area contributed by atoms with E-state index in [1.165, 1.54) is 12.3 Å². The van der Waals surface area contributed by atoms with Gasteiger partial charge in [-0.05, 0) is 22.0 Å².